The Bertz CT molecular complexity index is 264. The van der Waals surface area contributed by atoms with Gasteiger partial charge in [0.1, 0.15) is 0 Å². The molecule has 0 aromatic rings. The summed E-state index contributed by atoms with van der Waals surface area (Å²) >= 11 is 0. The van der Waals surface area contributed by atoms with E-state index in [1.807, 2.05) is 0 Å². The highest BCUT2D eigenvalue weighted by Crippen LogP contribution is 1.91. The molecular weight excluding hydrogens is 198 g/mol. The predicted octanol–water partition coefficient (Wildman–Crippen LogP) is 0.814. The third kappa shape index (κ3) is 8.09. The molecule has 4 heteroatoms. The zero-order valence-electron chi connectivity index (χ0n) is 8.75. The summed E-state index contributed by atoms with van der Waals surface area (Å²) in [5.41, 5.74) is 0. The van der Waals surface area contributed by atoms with E-state index in [0.717, 1.165) is 25.8 Å². The number of unbranched alkanes of at least 4 members (excludes halogenated alkanes) is 2. The zero-order valence-corrected chi connectivity index (χ0v) is 9.57. The first-order valence-corrected chi connectivity index (χ1v) is 6.79. The Morgan fingerprint density at radius 3 is 2.57 bits per heavy atom. The molecule has 0 spiro atoms. The van der Waals surface area contributed by atoms with E-state index in [-0.39, 0.29) is 11.5 Å². The van der Waals surface area contributed by atoms with E-state index in [1.165, 1.54) is 0 Å². The van der Waals surface area contributed by atoms with Crippen LogP contribution in [0.3, 0.4) is 0 Å². The molecule has 0 atom stereocenters. The van der Waals surface area contributed by atoms with Crippen molar-refractivity contribution in [3.8, 4) is 12.3 Å². The molecule has 0 unspecified atom stereocenters. The summed E-state index contributed by atoms with van der Waals surface area (Å²) in [6, 6.07) is 0. The third-order valence-electron chi connectivity index (χ3n) is 1.95. The van der Waals surface area contributed by atoms with Gasteiger partial charge < -0.3 is 5.32 Å². The first-order valence-electron chi connectivity index (χ1n) is 4.97. The van der Waals surface area contributed by atoms with Crippen LogP contribution in [0.1, 0.15) is 26.2 Å². The second kappa shape index (κ2) is 7.84. The molecule has 0 aromatic carbocycles. The highest BCUT2D eigenvalue weighted by molar-refractivity contribution is 7.91. The summed E-state index contributed by atoms with van der Waals surface area (Å²) in [6.45, 7) is 3.06. The molecule has 0 aliphatic heterocycles. The molecule has 0 fully saturated rings. The summed E-state index contributed by atoms with van der Waals surface area (Å²) in [4.78, 5) is 0. The first kappa shape index (κ1) is 13.5. The minimum atomic E-state index is -2.81. The van der Waals surface area contributed by atoms with E-state index in [9.17, 15) is 8.42 Å². The summed E-state index contributed by atoms with van der Waals surface area (Å²) in [5, 5.41) is 3.09. The Hall–Kier alpha value is -0.530. The van der Waals surface area contributed by atoms with Crippen molar-refractivity contribution in [2.45, 2.75) is 26.2 Å². The molecule has 0 bridgehead atoms. The minimum absolute atomic E-state index is 0.228. The lowest BCUT2D eigenvalue weighted by Crippen LogP contribution is -2.24. The van der Waals surface area contributed by atoms with Gasteiger partial charge in [0, 0.05) is 18.7 Å². The van der Waals surface area contributed by atoms with Crippen LogP contribution >= 0.6 is 0 Å². The van der Waals surface area contributed by atoms with Gasteiger partial charge in [-0.05, 0) is 19.4 Å². The van der Waals surface area contributed by atoms with Crippen molar-refractivity contribution in [1.82, 2.24) is 5.32 Å². The second-order valence-electron chi connectivity index (χ2n) is 3.15. The van der Waals surface area contributed by atoms with Crippen LogP contribution < -0.4 is 5.32 Å². The van der Waals surface area contributed by atoms with E-state index >= 15 is 0 Å². The highest BCUT2D eigenvalue weighted by Gasteiger charge is 2.05. The SMILES string of the molecule is C#CCCCCNCCS(=O)(=O)CC. The fraction of sp³-hybridized carbons (Fsp3) is 0.800. The topological polar surface area (TPSA) is 46.2 Å². The van der Waals surface area contributed by atoms with Crippen molar-refractivity contribution in [2.24, 2.45) is 0 Å². The van der Waals surface area contributed by atoms with Crippen LogP contribution in [0.15, 0.2) is 0 Å². The number of nitrogens with one attached hydrogen (secondary N) is 1. The van der Waals surface area contributed by atoms with Gasteiger partial charge in [-0.2, -0.15) is 0 Å². The van der Waals surface area contributed by atoms with Crippen LogP contribution in [0.2, 0.25) is 0 Å². The highest BCUT2D eigenvalue weighted by atomic mass is 32.2. The average molecular weight is 217 g/mol. The summed E-state index contributed by atoms with van der Waals surface area (Å²) in [5.74, 6) is 3.03. The van der Waals surface area contributed by atoms with Gasteiger partial charge in [-0.3, -0.25) is 0 Å². The van der Waals surface area contributed by atoms with Crippen molar-refractivity contribution in [3.05, 3.63) is 0 Å². The third-order valence-corrected chi connectivity index (χ3v) is 3.66. The molecule has 82 valence electrons. The molecule has 0 radical (unpaired) electrons. The maximum atomic E-state index is 11.1. The lowest BCUT2D eigenvalue weighted by atomic mass is 10.2. The lowest BCUT2D eigenvalue weighted by molar-refractivity contribution is 0.589. The van der Waals surface area contributed by atoms with Crippen LogP contribution in [-0.2, 0) is 9.84 Å². The van der Waals surface area contributed by atoms with Gasteiger partial charge in [0.25, 0.3) is 0 Å². The molecule has 0 saturated carbocycles. The Kier molecular flexibility index (Phi) is 7.54. The Labute approximate surface area is 87.2 Å². The molecule has 3 nitrogen and oxygen atoms in total. The molecular formula is C10H19NO2S. The van der Waals surface area contributed by atoms with Crippen molar-refractivity contribution in [2.75, 3.05) is 24.6 Å². The Morgan fingerprint density at radius 1 is 1.29 bits per heavy atom. The second-order valence-corrected chi connectivity index (χ2v) is 5.62. The van der Waals surface area contributed by atoms with Crippen LogP contribution in [0.4, 0.5) is 0 Å². The zero-order chi connectivity index (χ0) is 10.9. The lowest BCUT2D eigenvalue weighted by Gasteiger charge is -2.03. The summed E-state index contributed by atoms with van der Waals surface area (Å²) in [7, 11) is -2.81. The summed E-state index contributed by atoms with van der Waals surface area (Å²) in [6.07, 6.45) is 7.91. The van der Waals surface area contributed by atoms with Crippen LogP contribution in [0.25, 0.3) is 0 Å². The van der Waals surface area contributed by atoms with Gasteiger partial charge >= 0.3 is 0 Å². The predicted molar refractivity (Wildman–Crippen MR) is 59.9 cm³/mol. The maximum Gasteiger partial charge on any atom is 0.151 e. The van der Waals surface area contributed by atoms with E-state index in [1.54, 1.807) is 6.92 Å². The van der Waals surface area contributed by atoms with E-state index in [0.29, 0.717) is 6.54 Å². The normalized spacial score (nSPS) is 11.1. The number of terminal acetylenes is 1. The van der Waals surface area contributed by atoms with Gasteiger partial charge in [0.15, 0.2) is 9.84 Å². The standard InChI is InChI=1S/C10H19NO2S/c1-3-5-6-7-8-11-9-10-14(12,13)4-2/h1,11H,4-10H2,2H3. The van der Waals surface area contributed by atoms with Gasteiger partial charge in [-0.15, -0.1) is 12.3 Å². The molecule has 0 rings (SSSR count). The minimum Gasteiger partial charge on any atom is -0.316 e. The Morgan fingerprint density at radius 2 is 2.00 bits per heavy atom. The molecule has 0 saturated heterocycles. The summed E-state index contributed by atoms with van der Waals surface area (Å²) < 4.78 is 22.1. The molecule has 0 aliphatic carbocycles. The molecule has 0 aliphatic rings. The van der Waals surface area contributed by atoms with Crippen molar-refractivity contribution >= 4 is 9.84 Å². The van der Waals surface area contributed by atoms with Crippen molar-refractivity contribution < 1.29 is 8.42 Å². The number of hydrogen-bond donors (Lipinski definition) is 1. The smallest absolute Gasteiger partial charge is 0.151 e. The monoisotopic (exact) mass is 217 g/mol. The number of hydrogen-bond acceptors (Lipinski definition) is 3. The van der Waals surface area contributed by atoms with Crippen LogP contribution in [-0.4, -0.2) is 33.0 Å². The molecule has 0 heterocycles. The fourth-order valence-corrected chi connectivity index (χ4v) is 1.72. The number of rotatable bonds is 8. The van der Waals surface area contributed by atoms with Crippen LogP contribution in [0, 0.1) is 12.3 Å². The molecule has 14 heavy (non-hydrogen) atoms. The largest absolute Gasteiger partial charge is 0.316 e. The van der Waals surface area contributed by atoms with Gasteiger partial charge in [-0.1, -0.05) is 6.92 Å². The van der Waals surface area contributed by atoms with Gasteiger partial charge in [-0.25, -0.2) is 8.42 Å². The van der Waals surface area contributed by atoms with Crippen molar-refractivity contribution in [3.63, 3.8) is 0 Å². The Balaban J connectivity index is 3.27. The molecule has 1 N–H and O–H groups in total. The quantitative estimate of drug-likeness (QED) is 0.483. The van der Waals surface area contributed by atoms with E-state index in [4.69, 9.17) is 6.42 Å². The van der Waals surface area contributed by atoms with E-state index < -0.39 is 9.84 Å². The fourth-order valence-electron chi connectivity index (χ4n) is 0.974. The van der Waals surface area contributed by atoms with Crippen LogP contribution in [0.5, 0.6) is 0 Å². The van der Waals surface area contributed by atoms with Gasteiger partial charge in [0.05, 0.1) is 5.75 Å². The molecule has 0 amide bonds. The van der Waals surface area contributed by atoms with E-state index in [2.05, 4.69) is 11.2 Å². The molecule has 0 aromatic heterocycles. The first-order chi connectivity index (χ1) is 6.62. The number of sulfone groups is 1. The maximum absolute atomic E-state index is 11.1. The van der Waals surface area contributed by atoms with Gasteiger partial charge in [0.2, 0.25) is 0 Å². The van der Waals surface area contributed by atoms with Crippen molar-refractivity contribution in [1.29, 1.82) is 0 Å². The average Bonchev–Trinajstić information content (AvgIpc) is 2.16.